The zero-order chi connectivity index (χ0) is 18.0. The lowest BCUT2D eigenvalue weighted by molar-refractivity contribution is -0.182. The van der Waals surface area contributed by atoms with E-state index < -0.39 is 0 Å². The molecule has 0 atom stereocenters. The number of amidine groups is 1. The fourth-order valence-electron chi connectivity index (χ4n) is 2.80. The lowest BCUT2D eigenvalue weighted by Crippen LogP contribution is -2.44. The number of hydrogen-bond donors (Lipinski definition) is 2. The number of rotatable bonds is 4. The summed E-state index contributed by atoms with van der Waals surface area (Å²) in [5.74, 6) is 4.76. The van der Waals surface area contributed by atoms with E-state index in [1.54, 1.807) is 0 Å². The molecule has 2 rings (SSSR count). The number of nitrogens with one attached hydrogen (secondary N) is 1. The van der Waals surface area contributed by atoms with Crippen LogP contribution in [0.25, 0.3) is 0 Å². The quantitative estimate of drug-likeness (QED) is 0.205. The van der Waals surface area contributed by atoms with Gasteiger partial charge in [0.1, 0.15) is 0 Å². The highest BCUT2D eigenvalue weighted by Gasteiger charge is 2.39. The summed E-state index contributed by atoms with van der Waals surface area (Å²) in [6, 6.07) is 0. The van der Waals surface area contributed by atoms with Crippen LogP contribution in [-0.4, -0.2) is 42.8 Å². The summed E-state index contributed by atoms with van der Waals surface area (Å²) in [5, 5.41) is 14.5. The minimum absolute atomic E-state index is 0.111. The van der Waals surface area contributed by atoms with Crippen LogP contribution in [-0.2, 0) is 9.47 Å². The van der Waals surface area contributed by atoms with Crippen molar-refractivity contribution < 1.29 is 9.47 Å². The van der Waals surface area contributed by atoms with Gasteiger partial charge in [-0.15, -0.1) is 5.11 Å². The summed E-state index contributed by atoms with van der Waals surface area (Å²) in [7, 11) is 0. The van der Waals surface area contributed by atoms with Crippen LogP contribution in [0.1, 0.15) is 47.0 Å². The number of nitrogens with two attached hydrogens (primary N) is 1. The van der Waals surface area contributed by atoms with E-state index in [0.717, 1.165) is 37.2 Å². The molecule has 0 aromatic carbocycles. The zero-order valence-electron chi connectivity index (χ0n) is 15.3. The van der Waals surface area contributed by atoms with E-state index in [1.165, 1.54) is 0 Å². The molecule has 24 heavy (non-hydrogen) atoms. The molecular weight excluding hydrogens is 306 g/mol. The molecular formula is C17H31N5O2. The summed E-state index contributed by atoms with van der Waals surface area (Å²) < 4.78 is 11.5. The Morgan fingerprint density at radius 3 is 2.29 bits per heavy atom. The van der Waals surface area contributed by atoms with Crippen molar-refractivity contribution in [1.82, 2.24) is 4.90 Å². The molecule has 2 aliphatic rings. The molecule has 0 saturated carbocycles. The first-order valence-corrected chi connectivity index (χ1v) is 8.70. The van der Waals surface area contributed by atoms with E-state index in [0.29, 0.717) is 19.6 Å². The van der Waals surface area contributed by atoms with Crippen molar-refractivity contribution in [3.63, 3.8) is 0 Å². The lowest BCUT2D eigenvalue weighted by atomic mass is 10.0. The van der Waals surface area contributed by atoms with Gasteiger partial charge in [-0.25, -0.2) is 0 Å². The fourth-order valence-corrected chi connectivity index (χ4v) is 2.80. The van der Waals surface area contributed by atoms with E-state index in [9.17, 15) is 0 Å². The second kappa shape index (κ2) is 10.2. The third kappa shape index (κ3) is 5.42. The first kappa shape index (κ1) is 20.3. The van der Waals surface area contributed by atoms with Crippen LogP contribution in [0.15, 0.2) is 33.8 Å². The van der Waals surface area contributed by atoms with Gasteiger partial charge in [-0.05, 0) is 25.0 Å². The normalized spacial score (nSPS) is 21.1. The maximum Gasteiger partial charge on any atom is 0.172 e. The molecule has 0 aromatic rings. The van der Waals surface area contributed by atoms with Crippen molar-refractivity contribution in [3.05, 3.63) is 23.4 Å². The molecule has 0 radical (unpaired) electrons. The number of hydrogen-bond acceptors (Lipinski definition) is 5. The van der Waals surface area contributed by atoms with E-state index in [1.807, 2.05) is 32.9 Å². The molecule has 7 heteroatoms. The van der Waals surface area contributed by atoms with Crippen LogP contribution in [0, 0.1) is 5.41 Å². The van der Waals surface area contributed by atoms with Gasteiger partial charge in [0, 0.05) is 31.6 Å². The van der Waals surface area contributed by atoms with E-state index in [2.05, 4.69) is 22.2 Å². The van der Waals surface area contributed by atoms with E-state index >= 15 is 0 Å². The smallest absolute Gasteiger partial charge is 0.172 e. The van der Waals surface area contributed by atoms with Gasteiger partial charge in [0.2, 0.25) is 0 Å². The molecule has 0 aliphatic carbocycles. The summed E-state index contributed by atoms with van der Waals surface area (Å²) in [5.41, 5.74) is 1.97. The van der Waals surface area contributed by atoms with E-state index in [4.69, 9.17) is 20.7 Å². The highest BCUT2D eigenvalue weighted by atomic mass is 16.7. The van der Waals surface area contributed by atoms with Crippen molar-refractivity contribution >= 4 is 5.84 Å². The highest BCUT2D eigenvalue weighted by molar-refractivity contribution is 5.96. The van der Waals surface area contributed by atoms with Gasteiger partial charge < -0.3 is 20.2 Å². The minimum atomic E-state index is -0.342. The Bertz CT molecular complexity index is 483. The number of nitrogens with zero attached hydrogens (tertiary/aromatic N) is 3. The van der Waals surface area contributed by atoms with Crippen LogP contribution in [0.3, 0.4) is 0 Å². The average molecular weight is 337 g/mol. The summed E-state index contributed by atoms with van der Waals surface area (Å²) in [6.07, 6.45) is 6.43. The van der Waals surface area contributed by atoms with Gasteiger partial charge >= 0.3 is 0 Å². The maximum absolute atomic E-state index is 7.76. The molecule has 3 N–H and O–H groups in total. The van der Waals surface area contributed by atoms with Gasteiger partial charge in [0.15, 0.2) is 11.6 Å². The second-order valence-electron chi connectivity index (χ2n) is 5.51. The SMILES string of the molecule is CC.CC/C(=C\C=C(/C)N1CCC2(CC1)OCCO2)C(=N)N=NN. The summed E-state index contributed by atoms with van der Waals surface area (Å²) >= 11 is 0. The van der Waals surface area contributed by atoms with Gasteiger partial charge in [-0.1, -0.05) is 32.1 Å². The Morgan fingerprint density at radius 2 is 1.79 bits per heavy atom. The Kier molecular flexibility index (Phi) is 8.63. The maximum atomic E-state index is 7.76. The van der Waals surface area contributed by atoms with Gasteiger partial charge in [0.25, 0.3) is 0 Å². The standard InChI is InChI=1S/C15H25N5O2.C2H6/c1-3-13(14(16)18-19-17)5-4-12(2)20-8-6-15(7-9-20)21-10-11-22-15;1-2/h4-5H,3,6-11H2,1-2H3,(H3,16,17,18);1-2H3/b12-4+,13-5+;. The second-order valence-corrected chi connectivity index (χ2v) is 5.51. The molecule has 2 aliphatic heterocycles. The largest absolute Gasteiger partial charge is 0.375 e. The highest BCUT2D eigenvalue weighted by Crippen LogP contribution is 2.32. The molecule has 2 saturated heterocycles. The molecule has 7 nitrogen and oxygen atoms in total. The van der Waals surface area contributed by atoms with Crippen LogP contribution in [0.2, 0.25) is 0 Å². The molecule has 0 aromatic heterocycles. The topological polar surface area (TPSA) is 96.3 Å². The molecule has 1 spiro atoms. The Balaban J connectivity index is 0.00000139. The van der Waals surface area contributed by atoms with Crippen molar-refractivity contribution in [3.8, 4) is 0 Å². The molecule has 136 valence electrons. The molecule has 0 bridgehead atoms. The Labute approximate surface area is 145 Å². The fraction of sp³-hybridized carbons (Fsp3) is 0.706. The monoisotopic (exact) mass is 337 g/mol. The number of likely N-dealkylation sites (tertiary alicyclic amines) is 1. The molecule has 0 unspecified atom stereocenters. The number of piperidine rings is 1. The van der Waals surface area contributed by atoms with Gasteiger partial charge in [-0.3, -0.25) is 5.41 Å². The average Bonchev–Trinajstić information content (AvgIpc) is 3.06. The first-order chi connectivity index (χ1) is 11.6. The number of allylic oxidation sites excluding steroid dienone is 3. The molecule has 0 amide bonds. The number of ether oxygens (including phenoxy) is 2. The zero-order valence-corrected chi connectivity index (χ0v) is 15.3. The third-order valence-corrected chi connectivity index (χ3v) is 4.21. The Morgan fingerprint density at radius 1 is 1.21 bits per heavy atom. The van der Waals surface area contributed by atoms with Crippen molar-refractivity contribution in [2.75, 3.05) is 26.3 Å². The molecule has 2 fully saturated rings. The van der Waals surface area contributed by atoms with Gasteiger partial charge in [0.05, 0.1) is 13.2 Å². The third-order valence-electron chi connectivity index (χ3n) is 4.21. The van der Waals surface area contributed by atoms with Gasteiger partial charge in [-0.2, -0.15) is 0 Å². The van der Waals surface area contributed by atoms with Crippen LogP contribution in [0.5, 0.6) is 0 Å². The lowest BCUT2D eigenvalue weighted by Gasteiger charge is -2.39. The van der Waals surface area contributed by atoms with Crippen molar-refractivity contribution in [2.45, 2.75) is 52.7 Å². The predicted molar refractivity (Wildman–Crippen MR) is 95.7 cm³/mol. The van der Waals surface area contributed by atoms with Crippen LogP contribution < -0.4 is 5.84 Å². The van der Waals surface area contributed by atoms with Crippen molar-refractivity contribution in [2.24, 2.45) is 16.2 Å². The summed E-state index contributed by atoms with van der Waals surface area (Å²) in [4.78, 5) is 2.31. The predicted octanol–water partition coefficient (Wildman–Crippen LogP) is 3.39. The molecule has 2 heterocycles. The Hall–Kier alpha value is -1.73. The van der Waals surface area contributed by atoms with Crippen LogP contribution in [0.4, 0.5) is 0 Å². The van der Waals surface area contributed by atoms with E-state index in [-0.39, 0.29) is 11.6 Å². The summed E-state index contributed by atoms with van der Waals surface area (Å²) in [6.45, 7) is 11.3. The minimum Gasteiger partial charge on any atom is -0.375 e. The first-order valence-electron chi connectivity index (χ1n) is 8.70. The van der Waals surface area contributed by atoms with Crippen molar-refractivity contribution in [1.29, 1.82) is 5.41 Å². The van der Waals surface area contributed by atoms with Crippen LogP contribution >= 0.6 is 0 Å².